The van der Waals surface area contributed by atoms with Crippen molar-refractivity contribution in [3.8, 4) is 0 Å². The summed E-state index contributed by atoms with van der Waals surface area (Å²) in [6.45, 7) is 5.71. The second-order valence-electron chi connectivity index (χ2n) is 6.56. The van der Waals surface area contributed by atoms with Gasteiger partial charge in [-0.25, -0.2) is 0 Å². The van der Waals surface area contributed by atoms with Crippen LogP contribution in [-0.2, 0) is 0 Å². The van der Waals surface area contributed by atoms with Gasteiger partial charge in [0.15, 0.2) is 0 Å². The predicted molar refractivity (Wildman–Crippen MR) is 112 cm³/mol. The average Bonchev–Trinajstić information content (AvgIpc) is 2.67. The molecule has 0 saturated carbocycles. The number of carbonyl (C=O) groups is 2. The van der Waals surface area contributed by atoms with Crippen molar-refractivity contribution in [3.05, 3.63) is 87.7 Å². The maximum absolute atomic E-state index is 12.6. The second kappa shape index (κ2) is 8.23. The van der Waals surface area contributed by atoms with E-state index in [9.17, 15) is 9.59 Å². The van der Waals surface area contributed by atoms with Gasteiger partial charge in [0.1, 0.15) is 5.69 Å². The molecule has 0 aliphatic heterocycles. The summed E-state index contributed by atoms with van der Waals surface area (Å²) in [5, 5.41) is 6.31. The quantitative estimate of drug-likeness (QED) is 0.642. The van der Waals surface area contributed by atoms with Crippen LogP contribution in [0.2, 0.25) is 5.02 Å². The van der Waals surface area contributed by atoms with Gasteiger partial charge < -0.3 is 10.6 Å². The van der Waals surface area contributed by atoms with E-state index < -0.39 is 0 Å². The van der Waals surface area contributed by atoms with Crippen molar-refractivity contribution in [3.63, 3.8) is 0 Å². The molecule has 0 saturated heterocycles. The molecule has 0 aliphatic rings. The Bertz CT molecular complexity index is 1040. The van der Waals surface area contributed by atoms with E-state index in [0.717, 1.165) is 22.4 Å². The fraction of sp³-hybridized carbons (Fsp3) is 0.136. The first-order valence-electron chi connectivity index (χ1n) is 8.76. The number of hydrogen-bond donors (Lipinski definition) is 2. The molecule has 6 heteroatoms. The molecule has 3 aromatic rings. The Morgan fingerprint density at radius 1 is 0.857 bits per heavy atom. The highest BCUT2D eigenvalue weighted by molar-refractivity contribution is 6.30. The number of pyridine rings is 1. The molecule has 3 rings (SSSR count). The number of rotatable bonds is 4. The van der Waals surface area contributed by atoms with Crippen LogP contribution >= 0.6 is 11.6 Å². The summed E-state index contributed by atoms with van der Waals surface area (Å²) in [4.78, 5) is 29.3. The fourth-order valence-electron chi connectivity index (χ4n) is 2.85. The number of nitrogens with zero attached hydrogens (tertiary/aromatic N) is 1. The average molecular weight is 394 g/mol. The van der Waals surface area contributed by atoms with Crippen LogP contribution in [0.25, 0.3) is 0 Å². The molecule has 0 atom stereocenters. The van der Waals surface area contributed by atoms with Gasteiger partial charge >= 0.3 is 0 Å². The van der Waals surface area contributed by atoms with E-state index >= 15 is 0 Å². The van der Waals surface area contributed by atoms with Crippen LogP contribution in [0.1, 0.15) is 37.5 Å². The maximum atomic E-state index is 12.6. The van der Waals surface area contributed by atoms with Gasteiger partial charge in [-0.2, -0.15) is 0 Å². The number of benzene rings is 2. The van der Waals surface area contributed by atoms with E-state index in [0.29, 0.717) is 16.3 Å². The van der Waals surface area contributed by atoms with Crippen molar-refractivity contribution >= 4 is 34.8 Å². The van der Waals surface area contributed by atoms with Crippen molar-refractivity contribution in [1.82, 2.24) is 4.98 Å². The number of amides is 2. The van der Waals surface area contributed by atoms with Gasteiger partial charge in [0.05, 0.1) is 0 Å². The number of para-hydroxylation sites is 1. The molecule has 0 unspecified atom stereocenters. The van der Waals surface area contributed by atoms with Gasteiger partial charge in [-0.05, 0) is 67.8 Å². The summed E-state index contributed by atoms with van der Waals surface area (Å²) in [6.07, 6.45) is 1.45. The second-order valence-corrected chi connectivity index (χ2v) is 7.00. The molecular formula is C22H20ClN3O2. The third-order valence-electron chi connectivity index (χ3n) is 4.41. The Kier molecular flexibility index (Phi) is 5.76. The van der Waals surface area contributed by atoms with Gasteiger partial charge in [0, 0.05) is 28.2 Å². The van der Waals surface area contributed by atoms with Gasteiger partial charge in [0.2, 0.25) is 0 Å². The fourth-order valence-corrected chi connectivity index (χ4v) is 3.07. The molecule has 0 radical (unpaired) electrons. The van der Waals surface area contributed by atoms with Gasteiger partial charge in [-0.1, -0.05) is 29.8 Å². The van der Waals surface area contributed by atoms with Crippen LogP contribution in [0.15, 0.2) is 54.7 Å². The molecule has 142 valence electrons. The van der Waals surface area contributed by atoms with E-state index in [1.165, 1.54) is 12.3 Å². The normalized spacial score (nSPS) is 10.4. The molecule has 1 aromatic heterocycles. The van der Waals surface area contributed by atoms with Crippen molar-refractivity contribution in [2.45, 2.75) is 20.8 Å². The predicted octanol–water partition coefficient (Wildman–Crippen LogP) is 5.16. The van der Waals surface area contributed by atoms with Gasteiger partial charge in [-0.3, -0.25) is 14.6 Å². The summed E-state index contributed by atoms with van der Waals surface area (Å²) >= 11 is 5.95. The summed E-state index contributed by atoms with van der Waals surface area (Å²) in [6, 6.07) is 14.0. The summed E-state index contributed by atoms with van der Waals surface area (Å²) in [5.41, 5.74) is 4.69. The van der Waals surface area contributed by atoms with Gasteiger partial charge in [0.25, 0.3) is 11.8 Å². The van der Waals surface area contributed by atoms with Crippen LogP contribution in [0.5, 0.6) is 0 Å². The van der Waals surface area contributed by atoms with Crippen molar-refractivity contribution in [2.75, 3.05) is 10.6 Å². The van der Waals surface area contributed by atoms with Gasteiger partial charge in [-0.15, -0.1) is 0 Å². The first kappa shape index (κ1) is 19.6. The van der Waals surface area contributed by atoms with Crippen LogP contribution in [0, 0.1) is 20.8 Å². The van der Waals surface area contributed by atoms with Crippen molar-refractivity contribution < 1.29 is 9.59 Å². The highest BCUT2D eigenvalue weighted by Crippen LogP contribution is 2.22. The van der Waals surface area contributed by atoms with E-state index in [2.05, 4.69) is 15.6 Å². The van der Waals surface area contributed by atoms with E-state index in [4.69, 9.17) is 11.6 Å². The standard InChI is InChI=1S/C22H20ClN3O2/c1-13-5-4-6-14(2)20(13)26-22(28)19-12-16(9-10-24-19)21(27)25-18-8-7-17(23)11-15(18)3/h4-12H,1-3H3,(H,25,27)(H,26,28). The minimum atomic E-state index is -0.366. The first-order chi connectivity index (χ1) is 13.3. The first-order valence-corrected chi connectivity index (χ1v) is 9.14. The molecular weight excluding hydrogens is 374 g/mol. The Labute approximate surface area is 168 Å². The molecule has 0 aliphatic carbocycles. The number of halogens is 1. The van der Waals surface area contributed by atoms with E-state index in [-0.39, 0.29) is 17.5 Å². The number of aromatic nitrogens is 1. The molecule has 2 amide bonds. The Morgan fingerprint density at radius 3 is 2.25 bits per heavy atom. The highest BCUT2D eigenvalue weighted by atomic mass is 35.5. The summed E-state index contributed by atoms with van der Waals surface area (Å²) in [7, 11) is 0. The van der Waals surface area contributed by atoms with Crippen LogP contribution in [-0.4, -0.2) is 16.8 Å². The van der Waals surface area contributed by atoms with Crippen LogP contribution in [0.3, 0.4) is 0 Å². The van der Waals surface area contributed by atoms with Crippen molar-refractivity contribution in [2.24, 2.45) is 0 Å². The Morgan fingerprint density at radius 2 is 1.57 bits per heavy atom. The zero-order valence-electron chi connectivity index (χ0n) is 15.8. The monoisotopic (exact) mass is 393 g/mol. The molecule has 0 spiro atoms. The molecule has 0 bridgehead atoms. The van der Waals surface area contributed by atoms with E-state index in [1.807, 2.05) is 39.0 Å². The number of anilines is 2. The zero-order valence-corrected chi connectivity index (χ0v) is 16.6. The molecule has 28 heavy (non-hydrogen) atoms. The summed E-state index contributed by atoms with van der Waals surface area (Å²) < 4.78 is 0. The van der Waals surface area contributed by atoms with Crippen LogP contribution < -0.4 is 10.6 Å². The topological polar surface area (TPSA) is 71.1 Å². The SMILES string of the molecule is Cc1cc(Cl)ccc1NC(=O)c1ccnc(C(=O)Nc2c(C)cccc2C)c1. The minimum absolute atomic E-state index is 0.170. The van der Waals surface area contributed by atoms with Crippen molar-refractivity contribution in [1.29, 1.82) is 0 Å². The number of aryl methyl sites for hydroxylation is 3. The zero-order chi connectivity index (χ0) is 20.3. The molecule has 1 heterocycles. The molecule has 0 fully saturated rings. The molecule has 2 N–H and O–H groups in total. The largest absolute Gasteiger partial charge is 0.322 e. The lowest BCUT2D eigenvalue weighted by molar-refractivity contribution is 0.102. The third-order valence-corrected chi connectivity index (χ3v) is 4.65. The lowest BCUT2D eigenvalue weighted by Gasteiger charge is -2.12. The Balaban J connectivity index is 1.79. The number of nitrogens with one attached hydrogen (secondary N) is 2. The molecule has 2 aromatic carbocycles. The third kappa shape index (κ3) is 4.38. The maximum Gasteiger partial charge on any atom is 0.274 e. The molecule has 5 nitrogen and oxygen atoms in total. The lowest BCUT2D eigenvalue weighted by Crippen LogP contribution is -2.18. The smallest absolute Gasteiger partial charge is 0.274 e. The Hall–Kier alpha value is -3.18. The number of hydrogen-bond acceptors (Lipinski definition) is 3. The lowest BCUT2D eigenvalue weighted by atomic mass is 10.1. The number of carbonyl (C=O) groups excluding carboxylic acids is 2. The minimum Gasteiger partial charge on any atom is -0.322 e. The summed E-state index contributed by atoms with van der Waals surface area (Å²) in [5.74, 6) is -0.691. The van der Waals surface area contributed by atoms with Crippen LogP contribution in [0.4, 0.5) is 11.4 Å². The van der Waals surface area contributed by atoms with E-state index in [1.54, 1.807) is 24.3 Å². The highest BCUT2D eigenvalue weighted by Gasteiger charge is 2.14.